The van der Waals surface area contributed by atoms with Gasteiger partial charge in [-0.1, -0.05) is 24.3 Å². The number of sulfonamides is 1. The average Bonchev–Trinajstić information content (AvgIpc) is 3.41. The molecule has 0 radical (unpaired) electrons. The molecule has 0 aliphatic carbocycles. The van der Waals surface area contributed by atoms with Gasteiger partial charge in [-0.15, -0.1) is 35.3 Å². The number of thiophene rings is 1. The highest BCUT2D eigenvalue weighted by atomic mass is 127. The number of halogens is 1. The van der Waals surface area contributed by atoms with Gasteiger partial charge in [-0.3, -0.25) is 4.99 Å². The van der Waals surface area contributed by atoms with Gasteiger partial charge in [-0.2, -0.15) is 5.10 Å². The Morgan fingerprint density at radius 2 is 1.97 bits per heavy atom. The Bertz CT molecular complexity index is 1040. The molecule has 3 aromatic rings. The third-order valence-corrected chi connectivity index (χ3v) is 6.97. The molecule has 1 aromatic carbocycles. The van der Waals surface area contributed by atoms with E-state index in [-0.39, 0.29) is 30.5 Å². The Morgan fingerprint density at radius 1 is 1.20 bits per heavy atom. The highest BCUT2D eigenvalue weighted by molar-refractivity contribution is 14.0. The van der Waals surface area contributed by atoms with Gasteiger partial charge in [0.25, 0.3) is 0 Å². The van der Waals surface area contributed by atoms with E-state index in [0.717, 1.165) is 11.3 Å². The molecule has 0 aliphatic rings. The maximum Gasteiger partial charge on any atom is 0.250 e. The lowest BCUT2D eigenvalue weighted by Gasteiger charge is -2.21. The summed E-state index contributed by atoms with van der Waals surface area (Å²) in [6.45, 7) is 1.30. The summed E-state index contributed by atoms with van der Waals surface area (Å²) in [6, 6.07) is 13.2. The summed E-state index contributed by atoms with van der Waals surface area (Å²) < 4.78 is 29.0. The Balaban J connectivity index is 0.00000320. The van der Waals surface area contributed by atoms with Crippen molar-refractivity contribution in [1.29, 1.82) is 0 Å². The Morgan fingerprint density at radius 3 is 2.63 bits per heavy atom. The van der Waals surface area contributed by atoms with Crippen molar-refractivity contribution in [3.63, 3.8) is 0 Å². The van der Waals surface area contributed by atoms with Crippen molar-refractivity contribution in [2.45, 2.75) is 10.8 Å². The molecule has 0 aliphatic heterocycles. The molecular formula is C19H25IN6O2S2. The first-order valence-electron chi connectivity index (χ1n) is 9.03. The predicted molar refractivity (Wildman–Crippen MR) is 131 cm³/mol. The first kappa shape index (κ1) is 24.3. The van der Waals surface area contributed by atoms with E-state index in [0.29, 0.717) is 23.3 Å². The SMILES string of the molecule is CN=C(NCCNS(=O)(=O)c1cccs1)N(C)Cc1cnn(-c2ccccc2)c1.I. The number of guanidine groups is 1. The third kappa shape index (κ3) is 6.52. The second-order valence-electron chi connectivity index (χ2n) is 6.29. The first-order valence-corrected chi connectivity index (χ1v) is 11.4. The molecule has 3 rings (SSSR count). The van der Waals surface area contributed by atoms with E-state index >= 15 is 0 Å². The number of hydrogen-bond acceptors (Lipinski definition) is 5. The Hall–Kier alpha value is -1.96. The maximum absolute atomic E-state index is 12.1. The van der Waals surface area contributed by atoms with Crippen LogP contribution in [0, 0.1) is 0 Å². The number of nitrogens with zero attached hydrogens (tertiary/aromatic N) is 4. The number of rotatable bonds is 8. The van der Waals surface area contributed by atoms with Crippen LogP contribution in [0.5, 0.6) is 0 Å². The summed E-state index contributed by atoms with van der Waals surface area (Å²) in [5, 5.41) is 9.32. The van der Waals surface area contributed by atoms with Gasteiger partial charge in [0.15, 0.2) is 5.96 Å². The van der Waals surface area contributed by atoms with Crippen LogP contribution in [0.15, 0.2) is 69.4 Å². The molecule has 0 unspecified atom stereocenters. The molecule has 2 aromatic heterocycles. The van der Waals surface area contributed by atoms with Crippen molar-refractivity contribution in [2.24, 2.45) is 4.99 Å². The number of para-hydroxylation sites is 1. The third-order valence-electron chi connectivity index (χ3n) is 4.11. The molecular weight excluding hydrogens is 535 g/mol. The van der Waals surface area contributed by atoms with Crippen LogP contribution >= 0.6 is 35.3 Å². The molecule has 0 bridgehead atoms. The lowest BCUT2D eigenvalue weighted by Crippen LogP contribution is -2.42. The van der Waals surface area contributed by atoms with Gasteiger partial charge in [0, 0.05) is 45.5 Å². The van der Waals surface area contributed by atoms with Crippen molar-refractivity contribution < 1.29 is 8.42 Å². The zero-order valence-corrected chi connectivity index (χ0v) is 20.7. The van der Waals surface area contributed by atoms with E-state index in [1.54, 1.807) is 24.6 Å². The molecule has 2 heterocycles. The van der Waals surface area contributed by atoms with Gasteiger partial charge >= 0.3 is 0 Å². The molecule has 30 heavy (non-hydrogen) atoms. The van der Waals surface area contributed by atoms with E-state index in [9.17, 15) is 8.42 Å². The fourth-order valence-corrected chi connectivity index (χ4v) is 4.81. The van der Waals surface area contributed by atoms with Gasteiger partial charge in [-0.05, 0) is 23.6 Å². The van der Waals surface area contributed by atoms with E-state index in [1.165, 1.54) is 11.3 Å². The van der Waals surface area contributed by atoms with E-state index in [4.69, 9.17) is 0 Å². The quantitative estimate of drug-likeness (QED) is 0.191. The number of aliphatic imine (C=N–C) groups is 1. The minimum Gasteiger partial charge on any atom is -0.355 e. The normalized spacial score (nSPS) is 11.7. The van der Waals surface area contributed by atoms with Gasteiger partial charge < -0.3 is 10.2 Å². The van der Waals surface area contributed by atoms with Crippen molar-refractivity contribution in [3.05, 3.63) is 65.8 Å². The van der Waals surface area contributed by atoms with Crippen LogP contribution in [0.2, 0.25) is 0 Å². The molecule has 0 spiro atoms. The van der Waals surface area contributed by atoms with Crippen molar-refractivity contribution in [3.8, 4) is 5.69 Å². The van der Waals surface area contributed by atoms with Crippen LogP contribution in [-0.4, -0.2) is 56.2 Å². The molecule has 162 valence electrons. The topological polar surface area (TPSA) is 91.6 Å². The molecule has 8 nitrogen and oxygen atoms in total. The van der Waals surface area contributed by atoms with Crippen LogP contribution < -0.4 is 10.0 Å². The lowest BCUT2D eigenvalue weighted by atomic mass is 10.3. The fourth-order valence-electron chi connectivity index (χ4n) is 2.74. The van der Waals surface area contributed by atoms with Gasteiger partial charge in [0.2, 0.25) is 10.0 Å². The van der Waals surface area contributed by atoms with Gasteiger partial charge in [-0.25, -0.2) is 17.8 Å². The van der Waals surface area contributed by atoms with Crippen LogP contribution in [-0.2, 0) is 16.6 Å². The number of benzene rings is 1. The second kappa shape index (κ2) is 11.4. The number of aromatic nitrogens is 2. The standard InChI is InChI=1S/C19H24N6O2S2.HI/c1-20-19(21-10-11-23-29(26,27)18-9-6-12-28-18)24(2)14-16-13-22-25(15-16)17-7-4-3-5-8-17;/h3-9,12-13,15,23H,10-11,14H2,1-2H3,(H,20,21);1H. The van der Waals surface area contributed by atoms with Gasteiger partial charge in [0.05, 0.1) is 11.9 Å². The highest BCUT2D eigenvalue weighted by Gasteiger charge is 2.14. The van der Waals surface area contributed by atoms with E-state index in [1.807, 2.05) is 59.4 Å². The molecule has 0 amide bonds. The van der Waals surface area contributed by atoms with Crippen LogP contribution in [0.4, 0.5) is 0 Å². The minimum absolute atomic E-state index is 0. The second-order valence-corrected chi connectivity index (χ2v) is 9.23. The van der Waals surface area contributed by atoms with E-state index < -0.39 is 10.0 Å². The molecule has 0 saturated carbocycles. The summed E-state index contributed by atoms with van der Waals surface area (Å²) in [4.78, 5) is 6.22. The molecule has 2 N–H and O–H groups in total. The maximum atomic E-state index is 12.1. The van der Waals surface area contributed by atoms with E-state index in [2.05, 4.69) is 20.1 Å². The fraction of sp³-hybridized carbons (Fsp3) is 0.263. The van der Waals surface area contributed by atoms with Crippen molar-refractivity contribution in [2.75, 3.05) is 27.2 Å². The van der Waals surface area contributed by atoms with Crippen LogP contribution in [0.1, 0.15) is 5.56 Å². The molecule has 0 atom stereocenters. The largest absolute Gasteiger partial charge is 0.355 e. The summed E-state index contributed by atoms with van der Waals surface area (Å²) in [7, 11) is 0.168. The highest BCUT2D eigenvalue weighted by Crippen LogP contribution is 2.14. The molecule has 0 fully saturated rings. The van der Waals surface area contributed by atoms with Crippen LogP contribution in [0.25, 0.3) is 5.69 Å². The lowest BCUT2D eigenvalue weighted by molar-refractivity contribution is 0.477. The Kier molecular flexibility index (Phi) is 9.27. The summed E-state index contributed by atoms with van der Waals surface area (Å²) in [5.41, 5.74) is 2.04. The summed E-state index contributed by atoms with van der Waals surface area (Å²) in [6.07, 6.45) is 3.81. The molecule has 0 saturated heterocycles. The zero-order valence-electron chi connectivity index (χ0n) is 16.7. The molecule has 11 heteroatoms. The summed E-state index contributed by atoms with van der Waals surface area (Å²) >= 11 is 1.19. The first-order chi connectivity index (χ1) is 14.0. The zero-order chi connectivity index (χ0) is 20.7. The van der Waals surface area contributed by atoms with Crippen LogP contribution in [0.3, 0.4) is 0 Å². The number of nitrogens with one attached hydrogen (secondary N) is 2. The predicted octanol–water partition coefficient (Wildman–Crippen LogP) is 2.54. The smallest absolute Gasteiger partial charge is 0.250 e. The number of hydrogen-bond donors (Lipinski definition) is 2. The minimum atomic E-state index is -3.45. The van der Waals surface area contributed by atoms with Crippen molar-refractivity contribution in [1.82, 2.24) is 24.7 Å². The summed E-state index contributed by atoms with van der Waals surface area (Å²) in [5.74, 6) is 0.674. The monoisotopic (exact) mass is 560 g/mol. The Labute approximate surface area is 198 Å². The van der Waals surface area contributed by atoms with Crippen molar-refractivity contribution >= 4 is 51.3 Å². The van der Waals surface area contributed by atoms with Gasteiger partial charge in [0.1, 0.15) is 4.21 Å². The average molecular weight is 560 g/mol.